The third-order valence-corrected chi connectivity index (χ3v) is 3.62. The number of amides is 1. The normalized spacial score (nSPS) is 10.3. The van der Waals surface area contributed by atoms with Crippen molar-refractivity contribution in [3.8, 4) is 5.75 Å². The summed E-state index contributed by atoms with van der Waals surface area (Å²) in [5.41, 5.74) is 1.31. The number of hydrogen-bond acceptors (Lipinski definition) is 3. The Morgan fingerprint density at radius 3 is 2.60 bits per heavy atom. The second-order valence-corrected chi connectivity index (χ2v) is 5.36. The number of benzene rings is 2. The van der Waals surface area contributed by atoms with Gasteiger partial charge in [0.1, 0.15) is 11.6 Å². The molecule has 2 aromatic carbocycles. The van der Waals surface area contributed by atoms with Gasteiger partial charge in [0.25, 0.3) is 0 Å². The molecule has 0 bridgehead atoms. The van der Waals surface area contributed by atoms with Gasteiger partial charge in [0.2, 0.25) is 5.91 Å². The smallest absolute Gasteiger partial charge is 0.234 e. The van der Waals surface area contributed by atoms with Gasteiger partial charge in [0, 0.05) is 4.90 Å². The summed E-state index contributed by atoms with van der Waals surface area (Å²) >= 11 is 1.31. The van der Waals surface area contributed by atoms with Gasteiger partial charge >= 0.3 is 0 Å². The Labute approximate surface area is 120 Å². The van der Waals surface area contributed by atoms with Crippen molar-refractivity contribution in [1.82, 2.24) is 0 Å². The molecule has 5 heteroatoms. The van der Waals surface area contributed by atoms with Crippen molar-refractivity contribution < 1.29 is 14.3 Å². The van der Waals surface area contributed by atoms with E-state index in [9.17, 15) is 14.3 Å². The van der Waals surface area contributed by atoms with Gasteiger partial charge in [0.15, 0.2) is 0 Å². The molecule has 0 unspecified atom stereocenters. The number of carbonyl (C=O) groups excluding carboxylic acids is 1. The molecule has 0 aromatic heterocycles. The summed E-state index contributed by atoms with van der Waals surface area (Å²) in [5, 5.41) is 12.3. The lowest BCUT2D eigenvalue weighted by Gasteiger charge is -2.07. The molecule has 2 aromatic rings. The summed E-state index contributed by atoms with van der Waals surface area (Å²) in [6.45, 7) is 1.86. The molecule has 3 nitrogen and oxygen atoms in total. The van der Waals surface area contributed by atoms with Crippen LogP contribution in [-0.4, -0.2) is 16.8 Å². The number of phenolic OH excluding ortho intramolecular Hbond substituents is 1. The van der Waals surface area contributed by atoms with Crippen LogP contribution in [-0.2, 0) is 4.79 Å². The predicted octanol–water partition coefficient (Wildman–Crippen LogP) is 3.57. The van der Waals surface area contributed by atoms with E-state index in [0.29, 0.717) is 5.69 Å². The first kappa shape index (κ1) is 14.4. The number of phenols is 1. The maximum absolute atomic E-state index is 12.7. The van der Waals surface area contributed by atoms with Crippen molar-refractivity contribution in [3.05, 3.63) is 53.8 Å². The zero-order valence-electron chi connectivity index (χ0n) is 10.9. The Balaban J connectivity index is 1.90. The summed E-state index contributed by atoms with van der Waals surface area (Å²) in [7, 11) is 0. The first-order valence-corrected chi connectivity index (χ1v) is 7.01. The molecular formula is C15H14FNO2S. The Kier molecular flexibility index (Phi) is 4.63. The number of hydrogen-bond donors (Lipinski definition) is 2. The first-order valence-electron chi connectivity index (χ1n) is 6.02. The van der Waals surface area contributed by atoms with E-state index in [1.165, 1.54) is 23.9 Å². The van der Waals surface area contributed by atoms with E-state index in [1.807, 2.05) is 13.0 Å². The summed E-state index contributed by atoms with van der Waals surface area (Å²) in [4.78, 5) is 12.6. The molecule has 0 saturated carbocycles. The van der Waals surface area contributed by atoms with Gasteiger partial charge in [-0.2, -0.15) is 0 Å². The van der Waals surface area contributed by atoms with Crippen LogP contribution in [0, 0.1) is 12.7 Å². The average Bonchev–Trinajstić information content (AvgIpc) is 2.41. The van der Waals surface area contributed by atoms with Gasteiger partial charge in [-0.3, -0.25) is 4.79 Å². The van der Waals surface area contributed by atoms with Gasteiger partial charge in [-0.05, 0) is 48.9 Å². The highest BCUT2D eigenvalue weighted by molar-refractivity contribution is 8.00. The molecule has 104 valence electrons. The topological polar surface area (TPSA) is 49.3 Å². The van der Waals surface area contributed by atoms with Crippen molar-refractivity contribution in [2.24, 2.45) is 0 Å². The molecule has 1 amide bonds. The van der Waals surface area contributed by atoms with E-state index in [-0.39, 0.29) is 23.2 Å². The van der Waals surface area contributed by atoms with Crippen molar-refractivity contribution in [1.29, 1.82) is 0 Å². The molecule has 0 radical (unpaired) electrons. The van der Waals surface area contributed by atoms with Crippen molar-refractivity contribution >= 4 is 23.4 Å². The van der Waals surface area contributed by atoms with Crippen LogP contribution in [0.25, 0.3) is 0 Å². The highest BCUT2D eigenvalue weighted by Gasteiger charge is 2.07. The predicted molar refractivity (Wildman–Crippen MR) is 78.6 cm³/mol. The quantitative estimate of drug-likeness (QED) is 0.669. The van der Waals surface area contributed by atoms with Crippen LogP contribution in [0.2, 0.25) is 0 Å². The highest BCUT2D eigenvalue weighted by Crippen LogP contribution is 2.24. The lowest BCUT2D eigenvalue weighted by molar-refractivity contribution is -0.113. The summed E-state index contributed by atoms with van der Waals surface area (Å²) in [6.07, 6.45) is 0. The number of thioether (sulfide) groups is 1. The zero-order valence-corrected chi connectivity index (χ0v) is 11.7. The Hall–Kier alpha value is -2.01. The fourth-order valence-corrected chi connectivity index (χ4v) is 2.31. The van der Waals surface area contributed by atoms with Gasteiger partial charge < -0.3 is 10.4 Å². The Morgan fingerprint density at radius 1 is 1.25 bits per heavy atom. The maximum Gasteiger partial charge on any atom is 0.234 e. The maximum atomic E-state index is 12.7. The van der Waals surface area contributed by atoms with E-state index >= 15 is 0 Å². The number of aryl methyl sites for hydroxylation is 1. The third kappa shape index (κ3) is 3.99. The molecule has 0 aliphatic carbocycles. The van der Waals surface area contributed by atoms with E-state index in [4.69, 9.17) is 0 Å². The number of halogens is 1. The van der Waals surface area contributed by atoms with E-state index in [0.717, 1.165) is 10.5 Å². The lowest BCUT2D eigenvalue weighted by Crippen LogP contribution is -2.14. The average molecular weight is 291 g/mol. The van der Waals surface area contributed by atoms with Crippen LogP contribution in [0.15, 0.2) is 47.4 Å². The van der Waals surface area contributed by atoms with E-state index in [2.05, 4.69) is 5.32 Å². The zero-order chi connectivity index (χ0) is 14.5. The molecule has 0 aliphatic heterocycles. The number of rotatable bonds is 4. The van der Waals surface area contributed by atoms with Crippen LogP contribution in [0.1, 0.15) is 5.56 Å². The van der Waals surface area contributed by atoms with Crippen LogP contribution in [0.3, 0.4) is 0 Å². The molecule has 0 atom stereocenters. The molecule has 20 heavy (non-hydrogen) atoms. The number of aromatic hydroxyl groups is 1. The molecule has 2 N–H and O–H groups in total. The Morgan fingerprint density at radius 2 is 1.95 bits per heavy atom. The van der Waals surface area contributed by atoms with Crippen LogP contribution in [0.5, 0.6) is 5.75 Å². The highest BCUT2D eigenvalue weighted by atomic mass is 32.2. The minimum absolute atomic E-state index is 0.0464. The van der Waals surface area contributed by atoms with Gasteiger partial charge in [-0.25, -0.2) is 4.39 Å². The second kappa shape index (κ2) is 6.43. The molecule has 0 aliphatic rings. The molecule has 0 heterocycles. The van der Waals surface area contributed by atoms with Crippen molar-refractivity contribution in [2.75, 3.05) is 11.1 Å². The van der Waals surface area contributed by atoms with Crippen LogP contribution >= 0.6 is 11.8 Å². The van der Waals surface area contributed by atoms with Crippen LogP contribution < -0.4 is 5.32 Å². The largest absolute Gasteiger partial charge is 0.506 e. The fourth-order valence-electron chi connectivity index (χ4n) is 1.61. The fraction of sp³-hybridized carbons (Fsp3) is 0.133. The van der Waals surface area contributed by atoms with E-state index < -0.39 is 0 Å². The molecular weight excluding hydrogens is 277 g/mol. The minimum atomic E-state index is -0.302. The monoisotopic (exact) mass is 291 g/mol. The molecule has 0 saturated heterocycles. The number of nitrogens with one attached hydrogen (secondary N) is 1. The Bertz CT molecular complexity index is 614. The molecule has 0 spiro atoms. The van der Waals surface area contributed by atoms with Crippen molar-refractivity contribution in [3.63, 3.8) is 0 Å². The second-order valence-electron chi connectivity index (χ2n) is 4.31. The van der Waals surface area contributed by atoms with Crippen LogP contribution in [0.4, 0.5) is 10.1 Å². The summed E-state index contributed by atoms with van der Waals surface area (Å²) in [6, 6.07) is 11.0. The molecule has 0 fully saturated rings. The molecule has 2 rings (SSSR count). The van der Waals surface area contributed by atoms with Gasteiger partial charge in [-0.15, -0.1) is 11.8 Å². The van der Waals surface area contributed by atoms with Crippen molar-refractivity contribution in [2.45, 2.75) is 11.8 Å². The number of anilines is 1. The standard InChI is InChI=1S/C15H14FNO2S/c1-10-2-7-13(14(18)8-10)17-15(19)9-20-12-5-3-11(16)4-6-12/h2-8,18H,9H2,1H3,(H,17,19). The summed E-state index contributed by atoms with van der Waals surface area (Å²) in [5.74, 6) is -0.286. The third-order valence-electron chi connectivity index (χ3n) is 2.61. The lowest BCUT2D eigenvalue weighted by atomic mass is 10.2. The summed E-state index contributed by atoms with van der Waals surface area (Å²) < 4.78 is 12.7. The van der Waals surface area contributed by atoms with E-state index in [1.54, 1.807) is 24.3 Å². The van der Waals surface area contributed by atoms with Gasteiger partial charge in [0.05, 0.1) is 11.4 Å². The minimum Gasteiger partial charge on any atom is -0.506 e. The SMILES string of the molecule is Cc1ccc(NC(=O)CSc2ccc(F)cc2)c(O)c1. The number of carbonyl (C=O) groups is 1. The van der Waals surface area contributed by atoms with Gasteiger partial charge in [-0.1, -0.05) is 6.07 Å². The first-order chi connectivity index (χ1) is 9.54.